The second kappa shape index (κ2) is 15.2. The van der Waals surface area contributed by atoms with E-state index in [0.29, 0.717) is 0 Å². The molecule has 3 N–H and O–H groups in total. The molecule has 0 atom stereocenters. The standard InChI is InChI=1S/C15H22N2O.C2H6N2.HI.Pt/c1-11(2)12-3-5-13(6-4-12)15(18)17-14-7-9-16-10-8-14;3-1-2-4;;/h7-13H,3-6H2,1-2H3,(H,16,17,18);3-4H,1-2H2;1H;/q;-2;;+1/p-1. The Labute approximate surface area is 167 Å². The van der Waals surface area contributed by atoms with Crippen LogP contribution in [-0.2, 0) is 20.9 Å². The van der Waals surface area contributed by atoms with Crippen LogP contribution in [0.5, 0.6) is 0 Å². The summed E-state index contributed by atoms with van der Waals surface area (Å²) < 4.78 is 0. The van der Waals surface area contributed by atoms with E-state index in [4.69, 9.17) is 11.5 Å². The van der Waals surface area contributed by atoms with Gasteiger partial charge in [-0.3, -0.25) is 9.78 Å². The third kappa shape index (κ3) is 10.1. The van der Waals surface area contributed by atoms with Gasteiger partial charge >= 0.3 is 35.5 Å². The SMILES string of the molecule is CC(C)C1CCC(C(=O)Nc2ccncc2)CC1.[I][Pt].[NH-]CC[NH-]. The van der Waals surface area contributed by atoms with Crippen LogP contribution in [-0.4, -0.2) is 24.0 Å². The molecule has 1 aromatic rings. The third-order valence-corrected chi connectivity index (χ3v) is 4.16. The van der Waals surface area contributed by atoms with Crippen LogP contribution in [0.1, 0.15) is 39.5 Å². The number of amides is 1. The van der Waals surface area contributed by atoms with Crippen molar-refractivity contribution in [3.63, 3.8) is 0 Å². The molecule has 5 nitrogen and oxygen atoms in total. The molecule has 24 heavy (non-hydrogen) atoms. The van der Waals surface area contributed by atoms with Gasteiger partial charge in [-0.2, -0.15) is 13.1 Å². The summed E-state index contributed by atoms with van der Waals surface area (Å²) in [4.78, 5) is 16.1. The zero-order chi connectivity index (χ0) is 18.4. The molecule has 0 spiro atoms. The second-order valence-corrected chi connectivity index (χ2v) is 6.08. The third-order valence-electron chi connectivity index (χ3n) is 4.16. The molecule has 0 aromatic carbocycles. The Balaban J connectivity index is 0.000000773. The smallest absolute Gasteiger partial charge is 0.171 e. The summed E-state index contributed by atoms with van der Waals surface area (Å²) in [5.41, 5.74) is 13.4. The molecule has 1 fully saturated rings. The number of nitrogens with one attached hydrogen (secondary N) is 3. The summed E-state index contributed by atoms with van der Waals surface area (Å²) in [5, 5.41) is 2.98. The molecule has 2 rings (SSSR count). The van der Waals surface area contributed by atoms with E-state index < -0.39 is 0 Å². The number of aromatic nitrogens is 1. The van der Waals surface area contributed by atoms with E-state index in [2.05, 4.69) is 59.6 Å². The number of carbonyl (C=O) groups is 1. The van der Waals surface area contributed by atoms with Gasteiger partial charge in [0.1, 0.15) is 0 Å². The number of anilines is 1. The van der Waals surface area contributed by atoms with E-state index >= 15 is 0 Å². The Kier molecular flexibility index (Phi) is 15.2. The normalized spacial score (nSPS) is 19.5. The van der Waals surface area contributed by atoms with Crippen LogP contribution in [0, 0.1) is 17.8 Å². The van der Waals surface area contributed by atoms with Crippen molar-refractivity contribution >= 4 is 30.9 Å². The fraction of sp³-hybridized carbons (Fsp3) is 0.647. The molecule has 0 bridgehead atoms. The summed E-state index contributed by atoms with van der Waals surface area (Å²) in [6.45, 7) is 5.03. The van der Waals surface area contributed by atoms with Crippen LogP contribution >= 0.6 is 19.4 Å². The monoisotopic (exact) mass is 626 g/mol. The van der Waals surface area contributed by atoms with Gasteiger partial charge in [-0.1, -0.05) is 13.8 Å². The topological polar surface area (TPSA) is 89.6 Å². The van der Waals surface area contributed by atoms with Crippen molar-refractivity contribution in [3.05, 3.63) is 36.0 Å². The first-order valence-corrected chi connectivity index (χ1v) is 14.6. The van der Waals surface area contributed by atoms with Gasteiger partial charge in [-0.15, -0.1) is 0 Å². The minimum absolute atomic E-state index is 0.170. The van der Waals surface area contributed by atoms with Gasteiger partial charge in [-0.05, 0) is 49.7 Å². The fourth-order valence-electron chi connectivity index (χ4n) is 2.73. The molecule has 0 aliphatic heterocycles. The molecular weight excluding hydrogens is 598 g/mol. The summed E-state index contributed by atoms with van der Waals surface area (Å²) in [5.74, 6) is 1.90. The minimum atomic E-state index is 0.170. The van der Waals surface area contributed by atoms with Crippen LogP contribution in [0.15, 0.2) is 24.5 Å². The van der Waals surface area contributed by atoms with E-state index in [1.165, 1.54) is 12.8 Å². The van der Waals surface area contributed by atoms with Crippen molar-refractivity contribution in [3.8, 4) is 0 Å². The number of rotatable bonds is 4. The van der Waals surface area contributed by atoms with E-state index in [-0.39, 0.29) is 24.9 Å². The van der Waals surface area contributed by atoms with Crippen LogP contribution in [0.25, 0.3) is 11.5 Å². The Hall–Kier alpha value is -0.0417. The Morgan fingerprint density at radius 2 is 1.71 bits per heavy atom. The van der Waals surface area contributed by atoms with Gasteiger partial charge in [0.15, 0.2) is 0 Å². The zero-order valence-electron chi connectivity index (χ0n) is 14.3. The number of carbonyl (C=O) groups excluding carboxylic acids is 1. The first-order chi connectivity index (χ1) is 11.6. The maximum atomic E-state index is 12.1. The first kappa shape index (κ1) is 24.0. The van der Waals surface area contributed by atoms with Crippen LogP contribution < -0.4 is 5.32 Å². The predicted octanol–water partition coefficient (Wildman–Crippen LogP) is 5.46. The van der Waals surface area contributed by atoms with Crippen LogP contribution in [0.3, 0.4) is 0 Å². The first-order valence-electron chi connectivity index (χ1n) is 8.20. The quantitative estimate of drug-likeness (QED) is 0.451. The van der Waals surface area contributed by atoms with Crippen molar-refractivity contribution in [1.82, 2.24) is 4.98 Å². The van der Waals surface area contributed by atoms with E-state index in [9.17, 15) is 4.79 Å². The number of hydrogen-bond acceptors (Lipinski definition) is 2. The van der Waals surface area contributed by atoms with Gasteiger partial charge in [0.25, 0.3) is 0 Å². The van der Waals surface area contributed by atoms with E-state index in [1.54, 1.807) is 12.4 Å². The summed E-state index contributed by atoms with van der Waals surface area (Å²) >= 11 is 4.23. The van der Waals surface area contributed by atoms with Gasteiger partial charge < -0.3 is 16.8 Å². The average Bonchev–Trinajstić information content (AvgIpc) is 2.64. The van der Waals surface area contributed by atoms with Crippen molar-refractivity contribution < 1.29 is 20.9 Å². The zero-order valence-corrected chi connectivity index (χ0v) is 18.8. The van der Waals surface area contributed by atoms with Gasteiger partial charge in [0, 0.05) is 24.0 Å². The van der Waals surface area contributed by atoms with Crippen LogP contribution in [0.2, 0.25) is 0 Å². The molecule has 1 aromatic heterocycles. The number of halogens is 1. The summed E-state index contributed by atoms with van der Waals surface area (Å²) in [6.07, 6.45) is 7.83. The molecule has 141 valence electrons. The molecular formula is C17H28IN4OPt-2. The van der Waals surface area contributed by atoms with Crippen LogP contribution in [0.4, 0.5) is 5.69 Å². The van der Waals surface area contributed by atoms with Crippen molar-refractivity contribution in [2.24, 2.45) is 17.8 Å². The largest absolute Gasteiger partial charge is 0.679 e. The molecule has 1 aliphatic rings. The van der Waals surface area contributed by atoms with Gasteiger partial charge in [0.05, 0.1) is 0 Å². The van der Waals surface area contributed by atoms with Crippen molar-refractivity contribution in [2.45, 2.75) is 39.5 Å². The van der Waals surface area contributed by atoms with Gasteiger partial charge in [-0.25, -0.2) is 0 Å². The molecule has 0 radical (unpaired) electrons. The molecule has 7 heteroatoms. The number of nitrogens with zero attached hydrogens (tertiary/aromatic N) is 1. The summed E-state index contributed by atoms with van der Waals surface area (Å²) in [6, 6.07) is 3.66. The van der Waals surface area contributed by atoms with Crippen molar-refractivity contribution in [1.29, 1.82) is 0 Å². The molecule has 1 aliphatic carbocycles. The van der Waals surface area contributed by atoms with E-state index in [0.717, 1.165) is 30.4 Å². The number of hydrogen-bond donors (Lipinski definition) is 1. The van der Waals surface area contributed by atoms with E-state index in [1.807, 2.05) is 12.1 Å². The maximum Gasteiger partial charge on any atom is -0.171 e. The fourth-order valence-corrected chi connectivity index (χ4v) is 2.73. The number of pyridine rings is 1. The minimum Gasteiger partial charge on any atom is -0.679 e. The molecule has 1 heterocycles. The predicted molar refractivity (Wildman–Crippen MR) is 106 cm³/mol. The average molecular weight is 626 g/mol. The molecule has 0 saturated heterocycles. The summed E-state index contributed by atoms with van der Waals surface area (Å²) in [7, 11) is 0. The second-order valence-electron chi connectivity index (χ2n) is 6.08. The Morgan fingerprint density at radius 1 is 1.21 bits per heavy atom. The Bertz CT molecular complexity index is 424. The molecule has 1 amide bonds. The van der Waals surface area contributed by atoms with Crippen molar-refractivity contribution in [2.75, 3.05) is 18.4 Å². The van der Waals surface area contributed by atoms with Gasteiger partial charge in [0.2, 0.25) is 5.91 Å². The Morgan fingerprint density at radius 3 is 2.12 bits per heavy atom. The molecule has 0 unspecified atom stereocenters. The maximum absolute atomic E-state index is 12.1. The molecule has 1 saturated carbocycles.